The van der Waals surface area contributed by atoms with Gasteiger partial charge in [0.25, 0.3) is 0 Å². The lowest BCUT2D eigenvalue weighted by atomic mass is 9.42. The van der Waals surface area contributed by atoms with Crippen molar-refractivity contribution in [3.63, 3.8) is 0 Å². The van der Waals surface area contributed by atoms with Gasteiger partial charge in [-0.25, -0.2) is 0 Å². The first-order valence-electron chi connectivity index (χ1n) is 9.31. The summed E-state index contributed by atoms with van der Waals surface area (Å²) >= 11 is 0. The molecule has 5 fully saturated rings. The highest BCUT2D eigenvalue weighted by Gasteiger charge is 2.62. The van der Waals surface area contributed by atoms with Crippen molar-refractivity contribution in [3.05, 3.63) is 0 Å². The number of hydrogen-bond donors (Lipinski definition) is 1. The lowest BCUT2D eigenvalue weighted by Crippen LogP contribution is -2.70. The maximum Gasteiger partial charge on any atom is 0.0249 e. The van der Waals surface area contributed by atoms with E-state index in [1.54, 1.807) is 0 Å². The molecule has 1 heterocycles. The molecule has 1 saturated heterocycles. The van der Waals surface area contributed by atoms with Crippen LogP contribution in [0.4, 0.5) is 0 Å². The van der Waals surface area contributed by atoms with Gasteiger partial charge in [-0.1, -0.05) is 27.7 Å². The van der Waals surface area contributed by atoms with E-state index in [0.717, 1.165) is 17.9 Å². The summed E-state index contributed by atoms with van der Waals surface area (Å²) in [6, 6.07) is 0.752. The van der Waals surface area contributed by atoms with Crippen LogP contribution in [0.5, 0.6) is 0 Å². The Kier molecular flexibility index (Phi) is 3.09. The molecule has 0 aromatic rings. The van der Waals surface area contributed by atoms with Crippen LogP contribution < -0.4 is 5.32 Å². The van der Waals surface area contributed by atoms with Crippen LogP contribution in [0, 0.1) is 22.7 Å². The van der Waals surface area contributed by atoms with Gasteiger partial charge >= 0.3 is 0 Å². The topological polar surface area (TPSA) is 15.3 Å². The first kappa shape index (κ1) is 14.5. The van der Waals surface area contributed by atoms with Gasteiger partial charge in [0.2, 0.25) is 0 Å². The van der Waals surface area contributed by atoms with Crippen molar-refractivity contribution >= 4 is 0 Å². The van der Waals surface area contributed by atoms with E-state index in [4.69, 9.17) is 0 Å². The van der Waals surface area contributed by atoms with Crippen molar-refractivity contribution in [2.45, 2.75) is 77.8 Å². The quantitative estimate of drug-likeness (QED) is 0.835. The van der Waals surface area contributed by atoms with Crippen LogP contribution in [0.2, 0.25) is 0 Å². The Labute approximate surface area is 131 Å². The molecule has 4 saturated carbocycles. The highest BCUT2D eigenvalue weighted by molar-refractivity contribution is 5.16. The fraction of sp³-hybridized carbons (Fsp3) is 1.00. The normalized spacial score (nSPS) is 53.6. The average Bonchev–Trinajstić information content (AvgIpc) is 2.34. The lowest BCUT2D eigenvalue weighted by Gasteiger charge is -2.69. The molecule has 1 N–H and O–H groups in total. The van der Waals surface area contributed by atoms with Crippen molar-refractivity contribution in [3.8, 4) is 0 Å². The van der Waals surface area contributed by atoms with E-state index < -0.39 is 0 Å². The van der Waals surface area contributed by atoms with Crippen molar-refractivity contribution < 1.29 is 0 Å². The second-order valence-electron chi connectivity index (χ2n) is 10.1. The first-order chi connectivity index (χ1) is 9.83. The van der Waals surface area contributed by atoms with Gasteiger partial charge in [-0.05, 0) is 61.2 Å². The Morgan fingerprint density at radius 1 is 1.00 bits per heavy atom. The molecule has 4 aliphatic carbocycles. The van der Waals surface area contributed by atoms with Gasteiger partial charge in [0.05, 0.1) is 0 Å². The van der Waals surface area contributed by atoms with E-state index in [2.05, 4.69) is 37.9 Å². The van der Waals surface area contributed by atoms with Crippen molar-refractivity contribution in [2.75, 3.05) is 19.6 Å². The third kappa shape index (κ3) is 2.20. The van der Waals surface area contributed by atoms with E-state index in [1.165, 1.54) is 58.2 Å². The maximum absolute atomic E-state index is 3.66. The zero-order valence-electron chi connectivity index (χ0n) is 14.5. The van der Waals surface area contributed by atoms with Crippen LogP contribution in [0.3, 0.4) is 0 Å². The van der Waals surface area contributed by atoms with Crippen LogP contribution >= 0.6 is 0 Å². The Morgan fingerprint density at radius 2 is 1.67 bits per heavy atom. The molecule has 0 aromatic carbocycles. The molecular weight excluding hydrogens is 256 g/mol. The number of rotatable bonds is 2. The van der Waals surface area contributed by atoms with Crippen LogP contribution in [-0.4, -0.2) is 36.1 Å². The SMILES string of the molecule is CC(C)C1CNCCN1C12CC3CC(C)(CC(C)(C3)C1)C2. The van der Waals surface area contributed by atoms with Gasteiger partial charge < -0.3 is 5.32 Å². The third-order valence-corrected chi connectivity index (χ3v) is 7.26. The fourth-order valence-electron chi connectivity index (χ4n) is 7.62. The minimum absolute atomic E-state index is 0.542. The largest absolute Gasteiger partial charge is 0.314 e. The smallest absolute Gasteiger partial charge is 0.0249 e. The first-order valence-corrected chi connectivity index (χ1v) is 9.31. The molecule has 5 aliphatic rings. The van der Waals surface area contributed by atoms with E-state index in [9.17, 15) is 0 Å². The second kappa shape index (κ2) is 4.47. The van der Waals surface area contributed by atoms with E-state index in [0.29, 0.717) is 16.4 Å². The van der Waals surface area contributed by atoms with Crippen molar-refractivity contribution in [1.82, 2.24) is 10.2 Å². The fourth-order valence-corrected chi connectivity index (χ4v) is 7.62. The molecule has 0 amide bonds. The summed E-state index contributed by atoms with van der Waals surface area (Å²) in [4.78, 5) is 3.00. The molecule has 0 spiro atoms. The Balaban J connectivity index is 1.69. The summed E-state index contributed by atoms with van der Waals surface area (Å²) in [6.07, 6.45) is 8.99. The Morgan fingerprint density at radius 3 is 2.24 bits per heavy atom. The summed E-state index contributed by atoms with van der Waals surface area (Å²) < 4.78 is 0. The molecule has 2 nitrogen and oxygen atoms in total. The third-order valence-electron chi connectivity index (χ3n) is 7.26. The zero-order valence-corrected chi connectivity index (χ0v) is 14.5. The summed E-state index contributed by atoms with van der Waals surface area (Å²) in [5, 5.41) is 3.66. The molecule has 0 radical (unpaired) electrons. The van der Waals surface area contributed by atoms with E-state index >= 15 is 0 Å². The standard InChI is InChI=1S/C19H34N2/c1-14(2)16-10-20-5-6-21(16)19-9-15-7-17(3,12-19)11-18(4,8-15)13-19/h14-16,20H,5-13H2,1-4H3. The predicted octanol–water partition coefficient (Wildman–Crippen LogP) is 3.67. The van der Waals surface area contributed by atoms with Crippen LogP contribution in [-0.2, 0) is 0 Å². The molecule has 3 unspecified atom stereocenters. The average molecular weight is 290 g/mol. The van der Waals surface area contributed by atoms with Gasteiger partial charge in [-0.3, -0.25) is 4.90 Å². The molecular formula is C19H34N2. The molecule has 5 rings (SSSR count). The lowest BCUT2D eigenvalue weighted by molar-refractivity contribution is -0.177. The summed E-state index contributed by atoms with van der Waals surface area (Å²) in [7, 11) is 0. The molecule has 120 valence electrons. The number of piperazine rings is 1. The molecule has 2 heteroatoms. The van der Waals surface area contributed by atoms with Crippen LogP contribution in [0.1, 0.15) is 66.2 Å². The molecule has 1 aliphatic heterocycles. The van der Waals surface area contributed by atoms with Crippen LogP contribution in [0.15, 0.2) is 0 Å². The number of nitrogens with one attached hydrogen (secondary N) is 1. The number of hydrogen-bond acceptors (Lipinski definition) is 2. The van der Waals surface area contributed by atoms with Gasteiger partial charge in [0.1, 0.15) is 0 Å². The zero-order chi connectivity index (χ0) is 14.9. The van der Waals surface area contributed by atoms with Gasteiger partial charge in [0.15, 0.2) is 0 Å². The van der Waals surface area contributed by atoms with Crippen molar-refractivity contribution in [2.24, 2.45) is 22.7 Å². The summed E-state index contributed by atoms with van der Waals surface area (Å²) in [5.74, 6) is 1.78. The minimum atomic E-state index is 0.542. The summed E-state index contributed by atoms with van der Waals surface area (Å²) in [6.45, 7) is 13.7. The van der Waals surface area contributed by atoms with Crippen LogP contribution in [0.25, 0.3) is 0 Å². The van der Waals surface area contributed by atoms with Gasteiger partial charge in [-0.15, -0.1) is 0 Å². The monoisotopic (exact) mass is 290 g/mol. The highest BCUT2D eigenvalue weighted by atomic mass is 15.3. The molecule has 3 atom stereocenters. The van der Waals surface area contributed by atoms with E-state index in [-0.39, 0.29) is 0 Å². The molecule has 0 aromatic heterocycles. The molecule has 21 heavy (non-hydrogen) atoms. The summed E-state index contributed by atoms with van der Waals surface area (Å²) in [5.41, 5.74) is 1.82. The maximum atomic E-state index is 3.66. The predicted molar refractivity (Wildman–Crippen MR) is 88.3 cm³/mol. The Bertz CT molecular complexity index is 411. The molecule has 4 bridgehead atoms. The minimum Gasteiger partial charge on any atom is -0.314 e. The van der Waals surface area contributed by atoms with Gasteiger partial charge in [0, 0.05) is 31.2 Å². The van der Waals surface area contributed by atoms with Gasteiger partial charge in [-0.2, -0.15) is 0 Å². The van der Waals surface area contributed by atoms with Crippen molar-refractivity contribution in [1.29, 1.82) is 0 Å². The number of nitrogens with zero attached hydrogens (tertiary/aromatic N) is 1. The Hall–Kier alpha value is -0.0800. The second-order valence-corrected chi connectivity index (χ2v) is 10.1. The highest BCUT2D eigenvalue weighted by Crippen LogP contribution is 2.68. The van der Waals surface area contributed by atoms with E-state index in [1.807, 2.05) is 0 Å².